The second-order valence-electron chi connectivity index (χ2n) is 8.31. The van der Waals surface area contributed by atoms with Crippen molar-refractivity contribution in [2.24, 2.45) is 11.3 Å². The summed E-state index contributed by atoms with van der Waals surface area (Å²) in [6.07, 6.45) is 9.44. The van der Waals surface area contributed by atoms with E-state index in [4.69, 9.17) is 0 Å². The highest BCUT2D eigenvalue weighted by molar-refractivity contribution is 5.33. The van der Waals surface area contributed by atoms with E-state index in [1.807, 2.05) is 0 Å². The van der Waals surface area contributed by atoms with Gasteiger partial charge >= 0.3 is 0 Å². The first kappa shape index (κ1) is 15.1. The molecule has 21 heavy (non-hydrogen) atoms. The van der Waals surface area contributed by atoms with Gasteiger partial charge in [0.25, 0.3) is 0 Å². The van der Waals surface area contributed by atoms with Crippen LogP contribution in [-0.4, -0.2) is 12.1 Å². The van der Waals surface area contributed by atoms with E-state index in [1.165, 1.54) is 44.9 Å². The molecule has 1 aromatic carbocycles. The second kappa shape index (κ2) is 6.12. The van der Waals surface area contributed by atoms with Crippen molar-refractivity contribution in [2.45, 2.75) is 77.8 Å². The molecular weight excluding hydrogens is 254 g/mol. The molecule has 0 spiro atoms. The molecule has 1 N–H and O–H groups in total. The van der Waals surface area contributed by atoms with Gasteiger partial charge in [0.2, 0.25) is 0 Å². The van der Waals surface area contributed by atoms with Gasteiger partial charge in [0, 0.05) is 12.1 Å². The molecule has 1 nitrogen and oxygen atoms in total. The Kier molecular flexibility index (Phi) is 4.40. The van der Waals surface area contributed by atoms with E-state index in [1.54, 1.807) is 11.1 Å². The molecule has 2 atom stereocenters. The predicted molar refractivity (Wildman–Crippen MR) is 90.6 cm³/mol. The molecule has 0 saturated heterocycles. The van der Waals surface area contributed by atoms with Gasteiger partial charge in [-0.05, 0) is 61.0 Å². The van der Waals surface area contributed by atoms with Crippen molar-refractivity contribution in [3.8, 4) is 0 Å². The van der Waals surface area contributed by atoms with Crippen molar-refractivity contribution in [1.82, 2.24) is 5.32 Å². The standard InChI is InChI=1S/C20H31N/c1-20(2,3)17-9-6-10-18(12-11-17)21-19-13-15-7-4-5-8-16(15)14-19/h4-5,7-8,17-19,21H,6,9-14H2,1-3H3. The summed E-state index contributed by atoms with van der Waals surface area (Å²) in [6.45, 7) is 7.25. The number of fused-ring (bicyclic) bond motifs is 1. The van der Waals surface area contributed by atoms with Crippen LogP contribution in [0.25, 0.3) is 0 Å². The fraction of sp³-hybridized carbons (Fsp3) is 0.700. The third-order valence-corrected chi connectivity index (χ3v) is 5.72. The lowest BCUT2D eigenvalue weighted by molar-refractivity contribution is 0.213. The summed E-state index contributed by atoms with van der Waals surface area (Å²) < 4.78 is 0. The van der Waals surface area contributed by atoms with Crippen LogP contribution in [0.15, 0.2) is 24.3 Å². The van der Waals surface area contributed by atoms with Gasteiger partial charge in [-0.25, -0.2) is 0 Å². The summed E-state index contributed by atoms with van der Waals surface area (Å²) in [4.78, 5) is 0. The minimum atomic E-state index is 0.485. The van der Waals surface area contributed by atoms with Crippen molar-refractivity contribution in [2.75, 3.05) is 0 Å². The first-order valence-electron chi connectivity index (χ1n) is 8.85. The number of benzene rings is 1. The van der Waals surface area contributed by atoms with Crippen LogP contribution in [-0.2, 0) is 12.8 Å². The van der Waals surface area contributed by atoms with Crippen molar-refractivity contribution < 1.29 is 0 Å². The zero-order valence-corrected chi connectivity index (χ0v) is 14.0. The van der Waals surface area contributed by atoms with Crippen LogP contribution in [0.2, 0.25) is 0 Å². The molecule has 0 aromatic heterocycles. The first-order chi connectivity index (χ1) is 10.0. The molecule has 2 unspecified atom stereocenters. The number of hydrogen-bond acceptors (Lipinski definition) is 1. The Morgan fingerprint density at radius 1 is 0.857 bits per heavy atom. The van der Waals surface area contributed by atoms with Crippen molar-refractivity contribution in [3.63, 3.8) is 0 Å². The minimum absolute atomic E-state index is 0.485. The molecule has 0 heterocycles. The highest BCUT2D eigenvalue weighted by Crippen LogP contribution is 2.37. The Balaban J connectivity index is 1.53. The molecule has 1 fully saturated rings. The third-order valence-electron chi connectivity index (χ3n) is 5.72. The fourth-order valence-corrected chi connectivity index (χ4v) is 4.34. The normalized spacial score (nSPS) is 27.4. The molecule has 0 radical (unpaired) electrons. The molecule has 3 rings (SSSR count). The average Bonchev–Trinajstić information content (AvgIpc) is 2.66. The molecule has 1 aromatic rings. The molecule has 116 valence electrons. The first-order valence-corrected chi connectivity index (χ1v) is 8.85. The van der Waals surface area contributed by atoms with Gasteiger partial charge in [-0.2, -0.15) is 0 Å². The largest absolute Gasteiger partial charge is 0.311 e. The summed E-state index contributed by atoms with van der Waals surface area (Å²) in [6, 6.07) is 10.4. The lowest BCUT2D eigenvalue weighted by Gasteiger charge is -2.30. The zero-order valence-electron chi connectivity index (χ0n) is 14.0. The van der Waals surface area contributed by atoms with E-state index in [9.17, 15) is 0 Å². The van der Waals surface area contributed by atoms with E-state index in [0.717, 1.165) is 12.0 Å². The molecule has 0 bridgehead atoms. The van der Waals surface area contributed by atoms with Gasteiger partial charge in [-0.15, -0.1) is 0 Å². The maximum absolute atomic E-state index is 3.98. The lowest BCUT2D eigenvalue weighted by atomic mass is 9.76. The average molecular weight is 285 g/mol. The Hall–Kier alpha value is -0.820. The van der Waals surface area contributed by atoms with Gasteiger partial charge in [-0.1, -0.05) is 51.5 Å². The van der Waals surface area contributed by atoms with Gasteiger partial charge in [-0.3, -0.25) is 0 Å². The molecule has 2 aliphatic rings. The second-order valence-corrected chi connectivity index (χ2v) is 8.31. The maximum Gasteiger partial charge on any atom is 0.0151 e. The van der Waals surface area contributed by atoms with Crippen LogP contribution in [0, 0.1) is 11.3 Å². The smallest absolute Gasteiger partial charge is 0.0151 e. The molecule has 0 amide bonds. The van der Waals surface area contributed by atoms with Gasteiger partial charge in [0.05, 0.1) is 0 Å². The third kappa shape index (κ3) is 3.69. The van der Waals surface area contributed by atoms with Crippen molar-refractivity contribution in [3.05, 3.63) is 35.4 Å². The van der Waals surface area contributed by atoms with Crippen LogP contribution in [0.3, 0.4) is 0 Å². The minimum Gasteiger partial charge on any atom is -0.311 e. The molecular formula is C20H31N. The Morgan fingerprint density at radius 3 is 2.14 bits per heavy atom. The summed E-state index contributed by atoms with van der Waals surface area (Å²) in [5.74, 6) is 0.907. The number of hydrogen-bond donors (Lipinski definition) is 1. The summed E-state index contributed by atoms with van der Waals surface area (Å²) in [5, 5.41) is 3.98. The van der Waals surface area contributed by atoms with Crippen LogP contribution in [0.4, 0.5) is 0 Å². The summed E-state index contributed by atoms with van der Waals surface area (Å²) >= 11 is 0. The maximum atomic E-state index is 3.98. The molecule has 1 saturated carbocycles. The van der Waals surface area contributed by atoms with E-state index in [-0.39, 0.29) is 0 Å². The Morgan fingerprint density at radius 2 is 1.52 bits per heavy atom. The topological polar surface area (TPSA) is 12.0 Å². The summed E-state index contributed by atoms with van der Waals surface area (Å²) in [5.41, 5.74) is 3.62. The monoisotopic (exact) mass is 285 g/mol. The molecule has 0 aliphatic heterocycles. The van der Waals surface area contributed by atoms with E-state index in [0.29, 0.717) is 11.5 Å². The SMILES string of the molecule is CC(C)(C)C1CCCC(NC2Cc3ccccc3C2)CC1. The van der Waals surface area contributed by atoms with E-state index < -0.39 is 0 Å². The van der Waals surface area contributed by atoms with E-state index in [2.05, 4.69) is 50.4 Å². The Labute approximate surface area is 130 Å². The number of nitrogens with one attached hydrogen (secondary N) is 1. The van der Waals surface area contributed by atoms with Crippen LogP contribution in [0.1, 0.15) is 64.0 Å². The fourth-order valence-electron chi connectivity index (χ4n) is 4.34. The Bertz CT molecular complexity index is 446. The zero-order chi connectivity index (χ0) is 14.9. The highest BCUT2D eigenvalue weighted by atomic mass is 15.0. The van der Waals surface area contributed by atoms with Crippen LogP contribution < -0.4 is 5.32 Å². The summed E-state index contributed by atoms with van der Waals surface area (Å²) in [7, 11) is 0. The molecule has 2 aliphatic carbocycles. The van der Waals surface area contributed by atoms with Gasteiger partial charge in [0.1, 0.15) is 0 Å². The van der Waals surface area contributed by atoms with Gasteiger partial charge in [0.15, 0.2) is 0 Å². The van der Waals surface area contributed by atoms with E-state index >= 15 is 0 Å². The molecule has 1 heteroatoms. The highest BCUT2D eigenvalue weighted by Gasteiger charge is 2.29. The van der Waals surface area contributed by atoms with Gasteiger partial charge < -0.3 is 5.32 Å². The van der Waals surface area contributed by atoms with Crippen LogP contribution in [0.5, 0.6) is 0 Å². The number of rotatable bonds is 2. The van der Waals surface area contributed by atoms with Crippen molar-refractivity contribution in [1.29, 1.82) is 0 Å². The lowest BCUT2D eigenvalue weighted by Crippen LogP contribution is -2.38. The predicted octanol–water partition coefficient (Wildman–Crippen LogP) is 4.74. The quantitative estimate of drug-likeness (QED) is 0.774. The van der Waals surface area contributed by atoms with Crippen molar-refractivity contribution >= 4 is 0 Å². The van der Waals surface area contributed by atoms with Crippen LogP contribution >= 0.6 is 0 Å².